The van der Waals surface area contributed by atoms with Gasteiger partial charge < -0.3 is 19.5 Å². The Labute approximate surface area is 162 Å². The summed E-state index contributed by atoms with van der Waals surface area (Å²) in [4.78, 5) is 34.9. The summed E-state index contributed by atoms with van der Waals surface area (Å²) in [5, 5.41) is 2.61. The van der Waals surface area contributed by atoms with Crippen molar-refractivity contribution in [2.45, 2.75) is 13.0 Å². The summed E-state index contributed by atoms with van der Waals surface area (Å²) in [5.74, 6) is 0.279. The van der Waals surface area contributed by atoms with Crippen LogP contribution in [0.1, 0.15) is 12.5 Å². The van der Waals surface area contributed by atoms with Gasteiger partial charge in [-0.3, -0.25) is 9.59 Å². The third-order valence-electron chi connectivity index (χ3n) is 3.19. The molecule has 0 saturated carbocycles. The predicted molar refractivity (Wildman–Crippen MR) is 105 cm³/mol. The number of hydrogen-bond acceptors (Lipinski definition) is 7. The van der Waals surface area contributed by atoms with Crippen molar-refractivity contribution in [1.29, 1.82) is 0 Å². The van der Waals surface area contributed by atoms with E-state index in [1.807, 2.05) is 0 Å². The minimum Gasteiger partial charge on any atom is -0.493 e. The van der Waals surface area contributed by atoms with E-state index in [2.05, 4.69) is 11.9 Å². The highest BCUT2D eigenvalue weighted by Crippen LogP contribution is 2.28. The van der Waals surface area contributed by atoms with Crippen molar-refractivity contribution in [3.63, 3.8) is 0 Å². The minimum absolute atomic E-state index is 0.289. The monoisotopic (exact) mass is 393 g/mol. The van der Waals surface area contributed by atoms with Crippen LogP contribution in [-0.4, -0.2) is 49.6 Å². The Bertz CT molecular complexity index is 716. The van der Waals surface area contributed by atoms with Crippen LogP contribution in [0.2, 0.25) is 0 Å². The van der Waals surface area contributed by atoms with Crippen LogP contribution >= 0.6 is 11.8 Å². The molecule has 27 heavy (non-hydrogen) atoms. The predicted octanol–water partition coefficient (Wildman–Crippen LogP) is 2.21. The standard InChI is InChI=1S/C19H23NO6S/c1-5-10-27-12-15(19(23)25-4)20-18(22)9-7-14-6-8-16(26-13(2)21)17(11-14)24-3/h5-9,11,15H,1,10,12H2,2-4H3,(H,20,22)/b9-7+. The van der Waals surface area contributed by atoms with Crippen LogP contribution in [0.5, 0.6) is 11.5 Å². The van der Waals surface area contributed by atoms with Crippen LogP contribution in [0.3, 0.4) is 0 Å². The highest BCUT2D eigenvalue weighted by Gasteiger charge is 2.20. The van der Waals surface area contributed by atoms with Crippen LogP contribution in [0.4, 0.5) is 0 Å². The smallest absolute Gasteiger partial charge is 0.329 e. The van der Waals surface area contributed by atoms with Crippen LogP contribution < -0.4 is 14.8 Å². The van der Waals surface area contributed by atoms with Crippen LogP contribution in [-0.2, 0) is 19.1 Å². The van der Waals surface area contributed by atoms with Gasteiger partial charge in [-0.15, -0.1) is 6.58 Å². The number of thioether (sulfide) groups is 1. The van der Waals surface area contributed by atoms with Gasteiger partial charge in [0.25, 0.3) is 0 Å². The average Bonchev–Trinajstić information content (AvgIpc) is 2.65. The molecule has 7 nitrogen and oxygen atoms in total. The Morgan fingerprint density at radius 2 is 2.00 bits per heavy atom. The van der Waals surface area contributed by atoms with E-state index in [4.69, 9.17) is 14.2 Å². The topological polar surface area (TPSA) is 90.9 Å². The second-order valence-electron chi connectivity index (χ2n) is 5.25. The van der Waals surface area contributed by atoms with Gasteiger partial charge in [-0.05, 0) is 23.8 Å². The van der Waals surface area contributed by atoms with Crippen molar-refractivity contribution >= 4 is 35.7 Å². The Morgan fingerprint density at radius 3 is 2.59 bits per heavy atom. The maximum absolute atomic E-state index is 12.1. The SMILES string of the molecule is C=CCSCC(NC(=O)/C=C/c1ccc(OC(C)=O)c(OC)c1)C(=O)OC. The zero-order valence-electron chi connectivity index (χ0n) is 15.5. The first kappa shape index (κ1) is 22.3. The Kier molecular flexibility index (Phi) is 9.74. The molecule has 0 radical (unpaired) electrons. The minimum atomic E-state index is -0.752. The number of esters is 2. The molecule has 1 aromatic carbocycles. The summed E-state index contributed by atoms with van der Waals surface area (Å²) in [6, 6.07) is 4.11. The van der Waals surface area contributed by atoms with Crippen LogP contribution in [0.25, 0.3) is 6.08 Å². The molecule has 1 N–H and O–H groups in total. The second kappa shape index (κ2) is 11.8. The van der Waals surface area contributed by atoms with E-state index in [1.54, 1.807) is 30.4 Å². The summed E-state index contributed by atoms with van der Waals surface area (Å²) in [6.07, 6.45) is 4.57. The lowest BCUT2D eigenvalue weighted by molar-refractivity contribution is -0.143. The number of ether oxygens (including phenoxy) is 3. The van der Waals surface area contributed by atoms with Crippen LogP contribution in [0, 0.1) is 0 Å². The molecule has 1 rings (SSSR count). The molecule has 0 spiro atoms. The molecule has 0 aromatic heterocycles. The van der Waals surface area contributed by atoms with E-state index in [1.165, 1.54) is 39.0 Å². The molecule has 146 valence electrons. The fraction of sp³-hybridized carbons (Fsp3) is 0.316. The Morgan fingerprint density at radius 1 is 1.26 bits per heavy atom. The zero-order valence-corrected chi connectivity index (χ0v) is 16.3. The highest BCUT2D eigenvalue weighted by molar-refractivity contribution is 7.99. The van der Waals surface area contributed by atoms with Crippen molar-refractivity contribution < 1.29 is 28.6 Å². The first-order chi connectivity index (χ1) is 12.9. The van der Waals surface area contributed by atoms with Gasteiger partial charge in [0, 0.05) is 24.5 Å². The van der Waals surface area contributed by atoms with E-state index in [-0.39, 0.29) is 5.75 Å². The van der Waals surface area contributed by atoms with Gasteiger partial charge in [0.2, 0.25) is 5.91 Å². The largest absolute Gasteiger partial charge is 0.493 e. The summed E-state index contributed by atoms with van der Waals surface area (Å²) >= 11 is 1.46. The van der Waals surface area contributed by atoms with Gasteiger partial charge in [0.15, 0.2) is 11.5 Å². The molecule has 0 saturated heterocycles. The third kappa shape index (κ3) is 8.00. The third-order valence-corrected chi connectivity index (χ3v) is 4.23. The van der Waals surface area contributed by atoms with Gasteiger partial charge in [0.05, 0.1) is 14.2 Å². The summed E-state index contributed by atoms with van der Waals surface area (Å²) in [5.41, 5.74) is 0.661. The van der Waals surface area contributed by atoms with Gasteiger partial charge in [-0.1, -0.05) is 12.1 Å². The van der Waals surface area contributed by atoms with Crippen molar-refractivity contribution in [1.82, 2.24) is 5.32 Å². The van der Waals surface area contributed by atoms with Gasteiger partial charge in [-0.2, -0.15) is 11.8 Å². The Balaban J connectivity index is 2.78. The molecule has 0 aliphatic carbocycles. The second-order valence-corrected chi connectivity index (χ2v) is 6.32. The Hall–Kier alpha value is -2.74. The molecule has 0 heterocycles. The van der Waals surface area contributed by atoms with Crippen molar-refractivity contribution in [3.8, 4) is 11.5 Å². The zero-order chi connectivity index (χ0) is 20.2. The number of carbonyl (C=O) groups is 3. The molecule has 8 heteroatoms. The lowest BCUT2D eigenvalue weighted by atomic mass is 10.2. The molecule has 0 fully saturated rings. The fourth-order valence-electron chi connectivity index (χ4n) is 2.00. The molecule has 0 aliphatic heterocycles. The summed E-state index contributed by atoms with van der Waals surface area (Å²) in [6.45, 7) is 4.90. The van der Waals surface area contributed by atoms with Gasteiger partial charge >= 0.3 is 11.9 Å². The maximum atomic E-state index is 12.1. The number of nitrogens with one attached hydrogen (secondary N) is 1. The average molecular weight is 393 g/mol. The normalized spacial score (nSPS) is 11.5. The van der Waals surface area contributed by atoms with Gasteiger partial charge in [0.1, 0.15) is 6.04 Å². The maximum Gasteiger partial charge on any atom is 0.329 e. The van der Waals surface area contributed by atoms with Crippen molar-refractivity contribution in [3.05, 3.63) is 42.5 Å². The number of rotatable bonds is 10. The summed E-state index contributed by atoms with van der Waals surface area (Å²) < 4.78 is 14.9. The van der Waals surface area contributed by atoms with Gasteiger partial charge in [-0.25, -0.2) is 4.79 Å². The van der Waals surface area contributed by atoms with E-state index >= 15 is 0 Å². The molecular formula is C19H23NO6S. The van der Waals surface area contributed by atoms with E-state index in [0.29, 0.717) is 22.8 Å². The fourth-order valence-corrected chi connectivity index (χ4v) is 2.76. The molecular weight excluding hydrogens is 370 g/mol. The van der Waals surface area contributed by atoms with E-state index < -0.39 is 23.9 Å². The molecule has 1 aromatic rings. The number of carbonyl (C=O) groups excluding carboxylic acids is 3. The number of amides is 1. The lowest BCUT2D eigenvalue weighted by Crippen LogP contribution is -2.42. The van der Waals surface area contributed by atoms with Crippen molar-refractivity contribution in [2.24, 2.45) is 0 Å². The first-order valence-corrected chi connectivity index (χ1v) is 9.18. The van der Waals surface area contributed by atoms with E-state index in [0.717, 1.165) is 0 Å². The number of benzene rings is 1. The van der Waals surface area contributed by atoms with Crippen LogP contribution in [0.15, 0.2) is 36.9 Å². The molecule has 1 amide bonds. The first-order valence-electron chi connectivity index (χ1n) is 8.02. The van der Waals surface area contributed by atoms with Crippen molar-refractivity contribution in [2.75, 3.05) is 25.7 Å². The number of methoxy groups -OCH3 is 2. The molecule has 0 bridgehead atoms. The highest BCUT2D eigenvalue weighted by atomic mass is 32.2. The summed E-state index contributed by atoms with van der Waals surface area (Å²) in [7, 11) is 2.72. The lowest BCUT2D eigenvalue weighted by Gasteiger charge is -2.14. The molecule has 1 atom stereocenters. The molecule has 0 aliphatic rings. The quantitative estimate of drug-likeness (QED) is 0.214. The number of hydrogen-bond donors (Lipinski definition) is 1. The molecule has 1 unspecified atom stereocenters. The van der Waals surface area contributed by atoms with E-state index in [9.17, 15) is 14.4 Å².